The summed E-state index contributed by atoms with van der Waals surface area (Å²) in [5, 5.41) is 0.952. The van der Waals surface area contributed by atoms with Gasteiger partial charge in [-0.3, -0.25) is 4.98 Å². The second-order valence-corrected chi connectivity index (χ2v) is 4.82. The highest BCUT2D eigenvalue weighted by atomic mass is 16.5. The zero-order chi connectivity index (χ0) is 16.8. The Morgan fingerprint density at radius 3 is 2.30 bits per heavy atom. The van der Waals surface area contributed by atoms with Gasteiger partial charge in [-0.2, -0.15) is 0 Å². The Balaban J connectivity index is 0.000000924. The minimum atomic E-state index is 0.711. The molecule has 1 aromatic heterocycles. The molecule has 0 saturated heterocycles. The minimum Gasteiger partial charge on any atom is -0.496 e. The van der Waals surface area contributed by atoms with Crippen molar-refractivity contribution in [3.63, 3.8) is 0 Å². The van der Waals surface area contributed by atoms with Crippen molar-refractivity contribution in [3.05, 3.63) is 54.2 Å². The van der Waals surface area contributed by atoms with Crippen LogP contribution in [0.4, 0.5) is 5.69 Å². The third-order valence-corrected chi connectivity index (χ3v) is 3.33. The van der Waals surface area contributed by atoms with Gasteiger partial charge in [0.2, 0.25) is 0 Å². The Morgan fingerprint density at radius 2 is 1.65 bits per heavy atom. The maximum Gasteiger partial charge on any atom is 0.138 e. The molecule has 0 saturated carbocycles. The SMILES string of the molecule is CC.COc1cc2nccc(Oc3ccc(N)cc3)c2cc1C. The van der Waals surface area contributed by atoms with Crippen LogP contribution in [0.2, 0.25) is 0 Å². The number of nitrogens with zero attached hydrogens (tertiary/aromatic N) is 1. The zero-order valence-electron chi connectivity index (χ0n) is 14.0. The smallest absolute Gasteiger partial charge is 0.138 e. The molecule has 0 bridgehead atoms. The van der Waals surface area contributed by atoms with E-state index in [2.05, 4.69) is 4.98 Å². The highest BCUT2D eigenvalue weighted by molar-refractivity contribution is 5.87. The zero-order valence-corrected chi connectivity index (χ0v) is 14.0. The molecule has 2 aromatic carbocycles. The molecule has 3 rings (SSSR count). The molecule has 0 unspecified atom stereocenters. The highest BCUT2D eigenvalue weighted by Crippen LogP contribution is 2.32. The summed E-state index contributed by atoms with van der Waals surface area (Å²) in [5.74, 6) is 2.32. The number of fused-ring (bicyclic) bond motifs is 1. The third kappa shape index (κ3) is 3.72. The fraction of sp³-hybridized carbons (Fsp3) is 0.211. The minimum absolute atomic E-state index is 0.711. The summed E-state index contributed by atoms with van der Waals surface area (Å²) in [6, 6.07) is 13.1. The molecular formula is C19H22N2O2. The monoisotopic (exact) mass is 310 g/mol. The van der Waals surface area contributed by atoms with Crippen LogP contribution in [0.15, 0.2) is 48.7 Å². The number of nitrogen functional groups attached to an aromatic ring is 1. The predicted octanol–water partition coefficient (Wildman–Crippen LogP) is 4.95. The average Bonchev–Trinajstić information content (AvgIpc) is 2.59. The van der Waals surface area contributed by atoms with Crippen LogP contribution in [0.3, 0.4) is 0 Å². The first-order chi connectivity index (χ1) is 11.2. The van der Waals surface area contributed by atoms with Crippen molar-refractivity contribution in [3.8, 4) is 17.2 Å². The molecule has 0 aliphatic rings. The number of methoxy groups -OCH3 is 1. The summed E-state index contributed by atoms with van der Waals surface area (Å²) in [6.45, 7) is 6.00. The van der Waals surface area contributed by atoms with Crippen LogP contribution in [0.25, 0.3) is 10.9 Å². The van der Waals surface area contributed by atoms with Gasteiger partial charge in [0.15, 0.2) is 0 Å². The molecule has 4 nitrogen and oxygen atoms in total. The predicted molar refractivity (Wildman–Crippen MR) is 95.3 cm³/mol. The number of anilines is 1. The van der Waals surface area contributed by atoms with Crippen molar-refractivity contribution < 1.29 is 9.47 Å². The van der Waals surface area contributed by atoms with Crippen LogP contribution in [-0.4, -0.2) is 12.1 Å². The first-order valence-electron chi connectivity index (χ1n) is 7.64. The van der Waals surface area contributed by atoms with Gasteiger partial charge < -0.3 is 15.2 Å². The van der Waals surface area contributed by atoms with E-state index in [9.17, 15) is 0 Å². The Kier molecular flexibility index (Phi) is 5.41. The summed E-state index contributed by atoms with van der Waals surface area (Å²) in [4.78, 5) is 4.37. The highest BCUT2D eigenvalue weighted by Gasteiger charge is 2.08. The number of pyridine rings is 1. The fourth-order valence-corrected chi connectivity index (χ4v) is 2.23. The van der Waals surface area contributed by atoms with Crippen LogP contribution in [0.5, 0.6) is 17.2 Å². The van der Waals surface area contributed by atoms with Gasteiger partial charge in [-0.05, 0) is 48.9 Å². The molecule has 0 aliphatic heterocycles. The molecule has 0 fully saturated rings. The van der Waals surface area contributed by atoms with E-state index in [4.69, 9.17) is 15.2 Å². The van der Waals surface area contributed by atoms with Crippen molar-refractivity contribution in [2.45, 2.75) is 20.8 Å². The second kappa shape index (κ2) is 7.49. The largest absolute Gasteiger partial charge is 0.496 e. The Hall–Kier alpha value is -2.75. The molecule has 3 aromatic rings. The van der Waals surface area contributed by atoms with E-state index in [0.29, 0.717) is 5.69 Å². The van der Waals surface area contributed by atoms with Gasteiger partial charge in [-0.25, -0.2) is 0 Å². The van der Waals surface area contributed by atoms with Gasteiger partial charge in [0, 0.05) is 23.3 Å². The summed E-state index contributed by atoms with van der Waals surface area (Å²) < 4.78 is 11.3. The molecule has 0 spiro atoms. The summed E-state index contributed by atoms with van der Waals surface area (Å²) in [5.41, 5.74) is 8.27. The van der Waals surface area contributed by atoms with Crippen LogP contribution >= 0.6 is 0 Å². The van der Waals surface area contributed by atoms with E-state index in [0.717, 1.165) is 33.7 Å². The summed E-state index contributed by atoms with van der Waals surface area (Å²) in [6.07, 6.45) is 1.73. The van der Waals surface area contributed by atoms with E-state index in [1.54, 1.807) is 13.3 Å². The van der Waals surface area contributed by atoms with E-state index in [1.807, 2.05) is 63.2 Å². The maximum atomic E-state index is 5.94. The standard InChI is InChI=1S/C17H16N2O2.C2H6/c1-11-9-14-15(10-17(11)20-2)19-8-7-16(14)21-13-5-3-12(18)4-6-13;1-2/h3-10H,18H2,1-2H3;1-2H3. The van der Waals surface area contributed by atoms with E-state index in [1.165, 1.54) is 0 Å². The van der Waals surface area contributed by atoms with Crippen LogP contribution in [0.1, 0.15) is 19.4 Å². The number of aromatic nitrogens is 1. The van der Waals surface area contributed by atoms with E-state index < -0.39 is 0 Å². The Morgan fingerprint density at radius 1 is 0.957 bits per heavy atom. The lowest BCUT2D eigenvalue weighted by Gasteiger charge is -2.11. The van der Waals surface area contributed by atoms with Gasteiger partial charge in [0.25, 0.3) is 0 Å². The van der Waals surface area contributed by atoms with Crippen molar-refractivity contribution in [1.29, 1.82) is 0 Å². The first-order valence-corrected chi connectivity index (χ1v) is 7.64. The van der Waals surface area contributed by atoms with Crippen LogP contribution in [0, 0.1) is 6.92 Å². The topological polar surface area (TPSA) is 57.4 Å². The quantitative estimate of drug-likeness (QED) is 0.695. The molecular weight excluding hydrogens is 288 g/mol. The Bertz CT molecular complexity index is 783. The number of ether oxygens (including phenoxy) is 2. The number of hydrogen-bond donors (Lipinski definition) is 1. The number of benzene rings is 2. The number of hydrogen-bond acceptors (Lipinski definition) is 4. The normalized spacial score (nSPS) is 9.91. The number of aryl methyl sites for hydroxylation is 1. The van der Waals surface area contributed by atoms with Gasteiger partial charge in [-0.1, -0.05) is 13.8 Å². The lowest BCUT2D eigenvalue weighted by atomic mass is 10.1. The molecule has 0 radical (unpaired) electrons. The first kappa shape index (κ1) is 16.6. The van der Waals surface area contributed by atoms with Crippen LogP contribution in [-0.2, 0) is 0 Å². The van der Waals surface area contributed by atoms with E-state index in [-0.39, 0.29) is 0 Å². The molecule has 120 valence electrons. The molecule has 0 atom stereocenters. The Labute approximate surface area is 136 Å². The van der Waals surface area contributed by atoms with Crippen molar-refractivity contribution >= 4 is 16.6 Å². The lowest BCUT2D eigenvalue weighted by molar-refractivity contribution is 0.412. The van der Waals surface area contributed by atoms with Gasteiger partial charge in [0.1, 0.15) is 17.2 Å². The molecule has 23 heavy (non-hydrogen) atoms. The fourth-order valence-electron chi connectivity index (χ4n) is 2.23. The van der Waals surface area contributed by atoms with Crippen molar-refractivity contribution in [2.75, 3.05) is 12.8 Å². The van der Waals surface area contributed by atoms with Crippen molar-refractivity contribution in [2.24, 2.45) is 0 Å². The molecule has 4 heteroatoms. The maximum absolute atomic E-state index is 5.94. The van der Waals surface area contributed by atoms with Gasteiger partial charge in [-0.15, -0.1) is 0 Å². The van der Waals surface area contributed by atoms with Crippen molar-refractivity contribution in [1.82, 2.24) is 4.98 Å². The van der Waals surface area contributed by atoms with E-state index >= 15 is 0 Å². The number of rotatable bonds is 3. The number of nitrogens with two attached hydrogens (primary N) is 1. The summed E-state index contributed by atoms with van der Waals surface area (Å²) in [7, 11) is 1.66. The molecule has 2 N–H and O–H groups in total. The van der Waals surface area contributed by atoms with Crippen LogP contribution < -0.4 is 15.2 Å². The second-order valence-electron chi connectivity index (χ2n) is 4.82. The van der Waals surface area contributed by atoms with Gasteiger partial charge >= 0.3 is 0 Å². The average molecular weight is 310 g/mol. The van der Waals surface area contributed by atoms with Gasteiger partial charge in [0.05, 0.1) is 12.6 Å². The molecule has 0 amide bonds. The summed E-state index contributed by atoms with van der Waals surface area (Å²) >= 11 is 0. The molecule has 1 heterocycles. The lowest BCUT2D eigenvalue weighted by Crippen LogP contribution is -1.92. The third-order valence-electron chi connectivity index (χ3n) is 3.33. The molecule has 0 aliphatic carbocycles.